The van der Waals surface area contributed by atoms with Crippen molar-refractivity contribution < 1.29 is 35.6 Å². The van der Waals surface area contributed by atoms with Crippen LogP contribution in [0, 0.1) is 0 Å². The molecular formula is C28H54O5Ti. The van der Waals surface area contributed by atoms with Gasteiger partial charge in [0.15, 0.2) is 0 Å². The van der Waals surface area contributed by atoms with Crippen molar-refractivity contribution in [2.75, 3.05) is 0 Å². The summed E-state index contributed by atoms with van der Waals surface area (Å²) in [5, 5.41) is 0. The molecule has 0 N–H and O–H groups in total. The second-order valence-electron chi connectivity index (χ2n) is 10.8. The molecule has 0 aliphatic rings. The Balaban J connectivity index is 4.15. The van der Waals surface area contributed by atoms with E-state index >= 15 is 0 Å². The molecule has 0 saturated heterocycles. The molecule has 0 aliphatic carbocycles. The molecule has 0 bridgehead atoms. The van der Waals surface area contributed by atoms with Crippen LogP contribution in [0.15, 0.2) is 12.2 Å². The van der Waals surface area contributed by atoms with Gasteiger partial charge in [0.05, 0.1) is 0 Å². The van der Waals surface area contributed by atoms with Crippen LogP contribution in [0.3, 0.4) is 0 Å². The zero-order valence-electron chi connectivity index (χ0n) is 23.2. The van der Waals surface area contributed by atoms with Crippen molar-refractivity contribution in [2.24, 2.45) is 0 Å². The fourth-order valence-electron chi connectivity index (χ4n) is 4.34. The molecule has 0 rings (SSSR count). The molecule has 0 aromatic rings. The second-order valence-corrected chi connectivity index (χ2v) is 18.5. The van der Waals surface area contributed by atoms with Crippen molar-refractivity contribution in [1.29, 1.82) is 0 Å². The number of hydrogen-bond donors (Lipinski definition) is 0. The summed E-state index contributed by atoms with van der Waals surface area (Å²) in [6.45, 7) is 14.1. The van der Waals surface area contributed by atoms with Crippen LogP contribution in [-0.2, 0) is 35.6 Å². The van der Waals surface area contributed by atoms with Crippen LogP contribution >= 0.6 is 0 Å². The monoisotopic (exact) mass is 518 g/mol. The molecule has 0 radical (unpaired) electrons. The van der Waals surface area contributed by atoms with Gasteiger partial charge in [0.1, 0.15) is 0 Å². The second kappa shape index (κ2) is 17.6. The summed E-state index contributed by atoms with van der Waals surface area (Å²) in [6.07, 6.45) is 19.0. The van der Waals surface area contributed by atoms with Crippen LogP contribution in [0.1, 0.15) is 144 Å². The third kappa shape index (κ3) is 12.2. The van der Waals surface area contributed by atoms with E-state index in [1.165, 1.54) is 84.0 Å². The Morgan fingerprint density at radius 2 is 1.03 bits per heavy atom. The van der Waals surface area contributed by atoms with Crippen molar-refractivity contribution in [3.05, 3.63) is 12.2 Å². The normalized spacial score (nSPS) is 12.3. The first-order chi connectivity index (χ1) is 16.0. The average Bonchev–Trinajstić information content (AvgIpc) is 2.76. The SMILES string of the molecule is C=C(C)C(=O)[O][Ti](=[O])([O]C(=O)CCCCCCCCCCCCCCCCC)([CH](C)C)[CH](C)C. The van der Waals surface area contributed by atoms with Crippen LogP contribution in [0.2, 0.25) is 8.45 Å². The zero-order valence-corrected chi connectivity index (χ0v) is 24.8. The number of unbranched alkanes of at least 4 members (excludes halogenated alkanes) is 14. The molecule has 0 unspecified atom stereocenters. The van der Waals surface area contributed by atoms with Crippen molar-refractivity contribution in [2.45, 2.75) is 153 Å². The summed E-state index contributed by atoms with van der Waals surface area (Å²) >= 11 is -5.59. The average molecular weight is 519 g/mol. The van der Waals surface area contributed by atoms with E-state index in [-0.39, 0.29) is 12.0 Å². The Labute approximate surface area is 212 Å². The minimum absolute atomic E-state index is 0.145. The van der Waals surface area contributed by atoms with Crippen LogP contribution in [0.25, 0.3) is 0 Å². The van der Waals surface area contributed by atoms with Crippen LogP contribution in [0.4, 0.5) is 0 Å². The van der Waals surface area contributed by atoms with Crippen LogP contribution in [-0.4, -0.2) is 11.9 Å². The Morgan fingerprint density at radius 1 is 0.676 bits per heavy atom. The topological polar surface area (TPSA) is 69.7 Å². The number of rotatable bonds is 21. The molecule has 0 spiro atoms. The molecule has 6 heteroatoms. The summed E-state index contributed by atoms with van der Waals surface area (Å²) in [5.41, 5.74) is 0.145. The van der Waals surface area contributed by atoms with Crippen molar-refractivity contribution in [3.8, 4) is 0 Å². The quantitative estimate of drug-likeness (QED) is 0.0860. The van der Waals surface area contributed by atoms with Gasteiger partial charge in [0.2, 0.25) is 0 Å². The first kappa shape index (κ1) is 33.2. The summed E-state index contributed by atoms with van der Waals surface area (Å²) < 4.78 is 24.0. The van der Waals surface area contributed by atoms with E-state index in [2.05, 4.69) is 13.5 Å². The Morgan fingerprint density at radius 3 is 1.35 bits per heavy atom. The van der Waals surface area contributed by atoms with E-state index in [1.807, 2.05) is 0 Å². The fourth-order valence-corrected chi connectivity index (χ4v) is 9.67. The van der Waals surface area contributed by atoms with Crippen LogP contribution in [0.5, 0.6) is 0 Å². The van der Waals surface area contributed by atoms with Gasteiger partial charge in [-0.1, -0.05) is 45.4 Å². The van der Waals surface area contributed by atoms with Gasteiger partial charge in [-0.15, -0.1) is 0 Å². The van der Waals surface area contributed by atoms with E-state index in [4.69, 9.17) is 6.64 Å². The van der Waals surface area contributed by atoms with Crippen molar-refractivity contribution >= 4 is 11.9 Å². The molecule has 0 aromatic heterocycles. The zero-order chi connectivity index (χ0) is 26.1. The molecule has 200 valence electrons. The third-order valence-electron chi connectivity index (χ3n) is 7.02. The Bertz CT molecular complexity index is 654. The van der Waals surface area contributed by atoms with Gasteiger partial charge >= 0.3 is 167 Å². The number of hydrogen-bond acceptors (Lipinski definition) is 5. The molecule has 0 heterocycles. The number of carbonyl (C=O) groups is 2. The maximum absolute atomic E-state index is 14.0. The summed E-state index contributed by atoms with van der Waals surface area (Å²) in [6, 6.07) is 0. The first-order valence-electron chi connectivity index (χ1n) is 14.0. The molecule has 0 amide bonds. The van der Waals surface area contributed by atoms with Gasteiger partial charge in [-0.05, 0) is 0 Å². The molecule has 5 nitrogen and oxygen atoms in total. The molecule has 0 atom stereocenters. The molecule has 34 heavy (non-hydrogen) atoms. The predicted octanol–water partition coefficient (Wildman–Crippen LogP) is 9.43. The molecule has 0 saturated carbocycles. The Kier molecular flexibility index (Phi) is 17.2. The van der Waals surface area contributed by atoms with Crippen LogP contribution < -0.4 is 0 Å². The van der Waals surface area contributed by atoms with Crippen molar-refractivity contribution in [1.82, 2.24) is 0 Å². The number of carbonyl (C=O) groups excluding carboxylic acids is 2. The predicted molar refractivity (Wildman–Crippen MR) is 137 cm³/mol. The van der Waals surface area contributed by atoms with Gasteiger partial charge in [0.25, 0.3) is 0 Å². The molecular weight excluding hydrogens is 464 g/mol. The summed E-state index contributed by atoms with van der Waals surface area (Å²) in [5.74, 6) is -1.28. The van der Waals surface area contributed by atoms with Gasteiger partial charge in [-0.25, -0.2) is 0 Å². The molecule has 0 aromatic carbocycles. The molecule has 0 aliphatic heterocycles. The summed E-state index contributed by atoms with van der Waals surface area (Å²) in [4.78, 5) is 24.8. The maximum atomic E-state index is 14.0. The van der Waals surface area contributed by atoms with E-state index in [0.717, 1.165) is 12.8 Å². The minimum atomic E-state index is -5.59. The standard InChI is InChI=1S/C18H36O2.C4H6O2.2C3H7.O.Ti/c1-2-3-4-5-6-7-8-9-10-11-12-13-14-15-16-17-18(19)20;1-3(2)4(5)6;2*1-3-2;;/h2-17H2,1H3,(H,19,20);1H2,2H3,(H,5,6);2*3H,1-2H3;;/q;;;;;+2/p-2. The van der Waals surface area contributed by atoms with E-state index in [9.17, 15) is 12.9 Å². The summed E-state index contributed by atoms with van der Waals surface area (Å²) in [7, 11) is 0. The van der Waals surface area contributed by atoms with E-state index < -0.39 is 36.4 Å². The van der Waals surface area contributed by atoms with Crippen molar-refractivity contribution in [3.63, 3.8) is 0 Å². The van der Waals surface area contributed by atoms with Gasteiger partial charge in [0, 0.05) is 0 Å². The molecule has 0 fully saturated rings. The Hall–Kier alpha value is -0.806. The van der Waals surface area contributed by atoms with E-state index in [0.29, 0.717) is 6.42 Å². The fraction of sp³-hybridized carbons (Fsp3) is 0.857. The van der Waals surface area contributed by atoms with Gasteiger partial charge < -0.3 is 0 Å². The van der Waals surface area contributed by atoms with Gasteiger partial charge in [-0.2, -0.15) is 0 Å². The first-order valence-corrected chi connectivity index (χ1v) is 17.7. The van der Waals surface area contributed by atoms with Gasteiger partial charge in [-0.3, -0.25) is 0 Å². The third-order valence-corrected chi connectivity index (χ3v) is 15.4. The van der Waals surface area contributed by atoms with E-state index in [1.54, 1.807) is 27.7 Å².